The van der Waals surface area contributed by atoms with Crippen LogP contribution in [0.3, 0.4) is 0 Å². The van der Waals surface area contributed by atoms with Gasteiger partial charge in [0.05, 0.1) is 6.61 Å². The molecule has 94 valence electrons. The molecule has 1 aromatic heterocycles. The van der Waals surface area contributed by atoms with Crippen molar-refractivity contribution in [3.05, 3.63) is 59.7 Å². The second kappa shape index (κ2) is 5.60. The summed E-state index contributed by atoms with van der Waals surface area (Å²) in [7, 11) is 0. The van der Waals surface area contributed by atoms with E-state index in [0.717, 1.165) is 5.75 Å². The summed E-state index contributed by atoms with van der Waals surface area (Å²) in [4.78, 5) is 3.86. The normalized spacial score (nSPS) is 12.2. The first-order valence-corrected chi connectivity index (χ1v) is 5.73. The number of aliphatic hydroxyl groups is 1. The molecule has 0 spiro atoms. The average Bonchev–Trinajstić information content (AvgIpc) is 2.40. The summed E-state index contributed by atoms with van der Waals surface area (Å²) < 4.78 is 18.8. The van der Waals surface area contributed by atoms with Gasteiger partial charge in [-0.1, -0.05) is 12.1 Å². The fraction of sp³-hybridized carbons (Fsp3) is 0.214. The summed E-state index contributed by atoms with van der Waals surface area (Å²) in [5, 5.41) is 10.1. The minimum atomic E-state index is -1.07. The third-order valence-electron chi connectivity index (χ3n) is 2.55. The SMILES string of the molecule is CCOc1ccc(C(O)c2ncccc2F)cc1. The first-order valence-electron chi connectivity index (χ1n) is 5.73. The zero-order chi connectivity index (χ0) is 13.0. The van der Waals surface area contributed by atoms with E-state index in [4.69, 9.17) is 4.74 Å². The van der Waals surface area contributed by atoms with Crippen LogP contribution in [0.4, 0.5) is 4.39 Å². The van der Waals surface area contributed by atoms with Crippen molar-refractivity contribution < 1.29 is 14.2 Å². The number of hydrogen-bond acceptors (Lipinski definition) is 3. The third-order valence-corrected chi connectivity index (χ3v) is 2.55. The summed E-state index contributed by atoms with van der Waals surface area (Å²) >= 11 is 0. The van der Waals surface area contributed by atoms with Crippen LogP contribution in [0.25, 0.3) is 0 Å². The number of nitrogens with zero attached hydrogens (tertiary/aromatic N) is 1. The van der Waals surface area contributed by atoms with Gasteiger partial charge in [0.2, 0.25) is 0 Å². The van der Waals surface area contributed by atoms with Gasteiger partial charge in [0, 0.05) is 6.20 Å². The zero-order valence-corrected chi connectivity index (χ0v) is 10.0. The highest BCUT2D eigenvalue weighted by molar-refractivity contribution is 5.32. The van der Waals surface area contributed by atoms with Crippen LogP contribution in [0.5, 0.6) is 5.75 Å². The Morgan fingerprint density at radius 2 is 2.00 bits per heavy atom. The lowest BCUT2D eigenvalue weighted by Crippen LogP contribution is -2.05. The smallest absolute Gasteiger partial charge is 0.147 e. The van der Waals surface area contributed by atoms with E-state index in [9.17, 15) is 9.50 Å². The molecule has 0 bridgehead atoms. The van der Waals surface area contributed by atoms with Crippen LogP contribution >= 0.6 is 0 Å². The highest BCUT2D eigenvalue weighted by Crippen LogP contribution is 2.24. The molecule has 1 atom stereocenters. The van der Waals surface area contributed by atoms with Crippen molar-refractivity contribution >= 4 is 0 Å². The lowest BCUT2D eigenvalue weighted by molar-refractivity contribution is 0.209. The Morgan fingerprint density at radius 1 is 1.28 bits per heavy atom. The lowest BCUT2D eigenvalue weighted by Gasteiger charge is -2.12. The van der Waals surface area contributed by atoms with E-state index in [1.807, 2.05) is 6.92 Å². The van der Waals surface area contributed by atoms with Gasteiger partial charge in [-0.05, 0) is 36.8 Å². The Labute approximate surface area is 105 Å². The van der Waals surface area contributed by atoms with Crippen LogP contribution in [0.15, 0.2) is 42.6 Å². The van der Waals surface area contributed by atoms with E-state index >= 15 is 0 Å². The molecule has 0 fully saturated rings. The maximum Gasteiger partial charge on any atom is 0.147 e. The van der Waals surface area contributed by atoms with Crippen LogP contribution in [0.2, 0.25) is 0 Å². The summed E-state index contributed by atoms with van der Waals surface area (Å²) in [6.07, 6.45) is 0.387. The zero-order valence-electron chi connectivity index (χ0n) is 10.0. The van der Waals surface area contributed by atoms with Crippen molar-refractivity contribution in [2.45, 2.75) is 13.0 Å². The molecule has 0 aliphatic heterocycles. The number of benzene rings is 1. The van der Waals surface area contributed by atoms with Gasteiger partial charge in [-0.2, -0.15) is 0 Å². The van der Waals surface area contributed by atoms with Gasteiger partial charge < -0.3 is 9.84 Å². The number of ether oxygens (including phenoxy) is 1. The van der Waals surface area contributed by atoms with Crippen LogP contribution in [-0.4, -0.2) is 16.7 Å². The van der Waals surface area contributed by atoms with Crippen LogP contribution in [0, 0.1) is 5.82 Å². The molecular formula is C14H14FNO2. The largest absolute Gasteiger partial charge is 0.494 e. The number of pyridine rings is 1. The molecule has 0 aliphatic carbocycles. The predicted molar refractivity (Wildman–Crippen MR) is 65.9 cm³/mol. The Morgan fingerprint density at radius 3 is 2.61 bits per heavy atom. The third kappa shape index (κ3) is 2.65. The minimum Gasteiger partial charge on any atom is -0.494 e. The van der Waals surface area contributed by atoms with E-state index in [1.54, 1.807) is 24.3 Å². The van der Waals surface area contributed by atoms with E-state index in [1.165, 1.54) is 18.3 Å². The molecule has 1 heterocycles. The molecule has 1 N–H and O–H groups in total. The summed E-state index contributed by atoms with van der Waals surface area (Å²) in [6.45, 7) is 2.47. The Kier molecular flexibility index (Phi) is 3.89. The van der Waals surface area contributed by atoms with Crippen LogP contribution in [-0.2, 0) is 0 Å². The molecule has 0 radical (unpaired) electrons. The maximum atomic E-state index is 13.5. The van der Waals surface area contributed by atoms with E-state index in [2.05, 4.69) is 4.98 Å². The molecule has 1 unspecified atom stereocenters. The van der Waals surface area contributed by atoms with Crippen molar-refractivity contribution in [2.24, 2.45) is 0 Å². The van der Waals surface area contributed by atoms with Crippen molar-refractivity contribution in [1.29, 1.82) is 0 Å². The van der Waals surface area contributed by atoms with Gasteiger partial charge in [0.15, 0.2) is 0 Å². The topological polar surface area (TPSA) is 42.4 Å². The minimum absolute atomic E-state index is 0.0293. The van der Waals surface area contributed by atoms with Crippen molar-refractivity contribution in [3.8, 4) is 5.75 Å². The maximum absolute atomic E-state index is 13.5. The molecule has 2 aromatic rings. The number of aromatic nitrogens is 1. The fourth-order valence-electron chi connectivity index (χ4n) is 1.67. The monoisotopic (exact) mass is 247 g/mol. The van der Waals surface area contributed by atoms with E-state index < -0.39 is 11.9 Å². The molecule has 0 amide bonds. The van der Waals surface area contributed by atoms with Gasteiger partial charge in [0.25, 0.3) is 0 Å². The summed E-state index contributed by atoms with van der Waals surface area (Å²) in [5.74, 6) is 0.203. The Balaban J connectivity index is 2.23. The molecule has 2 rings (SSSR count). The summed E-state index contributed by atoms with van der Waals surface area (Å²) in [5.41, 5.74) is 0.609. The summed E-state index contributed by atoms with van der Waals surface area (Å²) in [6, 6.07) is 9.64. The van der Waals surface area contributed by atoms with Crippen molar-refractivity contribution in [3.63, 3.8) is 0 Å². The van der Waals surface area contributed by atoms with Crippen molar-refractivity contribution in [1.82, 2.24) is 4.98 Å². The van der Waals surface area contributed by atoms with Gasteiger partial charge in [-0.25, -0.2) is 4.39 Å². The first-order chi connectivity index (χ1) is 8.72. The quantitative estimate of drug-likeness (QED) is 0.903. The lowest BCUT2D eigenvalue weighted by atomic mass is 10.1. The molecular weight excluding hydrogens is 233 g/mol. The average molecular weight is 247 g/mol. The molecule has 0 aliphatic rings. The Bertz CT molecular complexity index is 513. The number of rotatable bonds is 4. The highest BCUT2D eigenvalue weighted by Gasteiger charge is 2.15. The number of halogens is 1. The predicted octanol–water partition coefficient (Wildman–Crippen LogP) is 2.70. The van der Waals surface area contributed by atoms with Crippen LogP contribution < -0.4 is 4.74 Å². The molecule has 1 aromatic carbocycles. The second-order valence-corrected chi connectivity index (χ2v) is 3.78. The van der Waals surface area contributed by atoms with Crippen LogP contribution in [0.1, 0.15) is 24.3 Å². The number of aliphatic hydroxyl groups excluding tert-OH is 1. The first kappa shape index (κ1) is 12.5. The molecule has 0 saturated heterocycles. The van der Waals surface area contributed by atoms with Crippen molar-refractivity contribution in [2.75, 3.05) is 6.61 Å². The van der Waals surface area contributed by atoms with E-state index in [-0.39, 0.29) is 5.69 Å². The van der Waals surface area contributed by atoms with Gasteiger partial charge in [-0.3, -0.25) is 4.98 Å². The molecule has 4 heteroatoms. The Hall–Kier alpha value is -1.94. The number of hydrogen-bond donors (Lipinski definition) is 1. The van der Waals surface area contributed by atoms with Gasteiger partial charge in [0.1, 0.15) is 23.4 Å². The van der Waals surface area contributed by atoms with Gasteiger partial charge >= 0.3 is 0 Å². The second-order valence-electron chi connectivity index (χ2n) is 3.78. The fourth-order valence-corrected chi connectivity index (χ4v) is 1.67. The standard InChI is InChI=1S/C14H14FNO2/c1-2-18-11-7-5-10(6-8-11)14(17)13-12(15)4-3-9-16-13/h3-9,14,17H,2H2,1H3. The molecule has 0 saturated carbocycles. The molecule has 3 nitrogen and oxygen atoms in total. The molecule has 18 heavy (non-hydrogen) atoms. The van der Waals surface area contributed by atoms with Gasteiger partial charge in [-0.15, -0.1) is 0 Å². The van der Waals surface area contributed by atoms with E-state index in [0.29, 0.717) is 12.2 Å². The highest BCUT2D eigenvalue weighted by atomic mass is 19.1.